The highest BCUT2D eigenvalue weighted by molar-refractivity contribution is 9.10. The standard InChI is InChI=1S/C14H8Br2O/c15-7-1-3-9-11(5-7)12-6-8(16)2-4-10(12)14-13(9)17-14/h1-6,13-14H/t13-,14-/m0/s1. The second-order valence-corrected chi connectivity index (χ2v) is 6.27. The number of halogens is 2. The van der Waals surface area contributed by atoms with Gasteiger partial charge in [-0.3, -0.25) is 0 Å². The van der Waals surface area contributed by atoms with E-state index in [1.165, 1.54) is 22.3 Å². The summed E-state index contributed by atoms with van der Waals surface area (Å²) in [6.45, 7) is 0. The third-order valence-corrected chi connectivity index (χ3v) is 4.41. The van der Waals surface area contributed by atoms with Crippen molar-refractivity contribution in [1.82, 2.24) is 0 Å². The number of ether oxygens (including phenoxy) is 1. The first-order valence-electron chi connectivity index (χ1n) is 5.49. The van der Waals surface area contributed by atoms with Crippen molar-refractivity contribution < 1.29 is 4.74 Å². The van der Waals surface area contributed by atoms with Crippen LogP contribution in [0.4, 0.5) is 0 Å². The van der Waals surface area contributed by atoms with Crippen LogP contribution in [0.2, 0.25) is 0 Å². The van der Waals surface area contributed by atoms with Crippen LogP contribution in [-0.4, -0.2) is 0 Å². The van der Waals surface area contributed by atoms with E-state index in [-0.39, 0.29) is 12.2 Å². The van der Waals surface area contributed by atoms with Gasteiger partial charge in [-0.25, -0.2) is 0 Å². The van der Waals surface area contributed by atoms with Gasteiger partial charge >= 0.3 is 0 Å². The topological polar surface area (TPSA) is 12.5 Å². The summed E-state index contributed by atoms with van der Waals surface area (Å²) in [7, 11) is 0. The molecule has 2 aromatic rings. The van der Waals surface area contributed by atoms with Gasteiger partial charge in [-0.1, -0.05) is 44.0 Å². The molecule has 2 aromatic carbocycles. The molecule has 0 aromatic heterocycles. The Hall–Kier alpha value is -0.640. The molecular formula is C14H8Br2O. The maximum absolute atomic E-state index is 5.78. The monoisotopic (exact) mass is 350 g/mol. The third kappa shape index (κ3) is 1.46. The van der Waals surface area contributed by atoms with E-state index in [1.807, 2.05) is 0 Å². The molecule has 1 nitrogen and oxygen atoms in total. The van der Waals surface area contributed by atoms with Gasteiger partial charge in [0.2, 0.25) is 0 Å². The zero-order chi connectivity index (χ0) is 11.6. The number of epoxide rings is 1. The zero-order valence-electron chi connectivity index (χ0n) is 8.78. The molecule has 0 bridgehead atoms. The predicted molar refractivity (Wildman–Crippen MR) is 73.8 cm³/mol. The quantitative estimate of drug-likeness (QED) is 0.608. The van der Waals surface area contributed by atoms with Crippen LogP contribution in [0.3, 0.4) is 0 Å². The highest BCUT2D eigenvalue weighted by Crippen LogP contribution is 2.59. The van der Waals surface area contributed by atoms with Gasteiger partial charge in [0, 0.05) is 8.95 Å². The molecule has 17 heavy (non-hydrogen) atoms. The minimum Gasteiger partial charge on any atom is -0.359 e. The fourth-order valence-corrected chi connectivity index (χ4v) is 3.33. The fraction of sp³-hybridized carbons (Fsp3) is 0.143. The molecule has 1 aliphatic carbocycles. The van der Waals surface area contributed by atoms with Crippen LogP contribution in [0.15, 0.2) is 45.3 Å². The summed E-state index contributed by atoms with van der Waals surface area (Å²) < 4.78 is 8.00. The summed E-state index contributed by atoms with van der Waals surface area (Å²) in [4.78, 5) is 0. The van der Waals surface area contributed by atoms with Gasteiger partial charge in [0.05, 0.1) is 0 Å². The first-order valence-corrected chi connectivity index (χ1v) is 7.07. The van der Waals surface area contributed by atoms with E-state index < -0.39 is 0 Å². The summed E-state index contributed by atoms with van der Waals surface area (Å²) in [5, 5.41) is 0. The van der Waals surface area contributed by atoms with Crippen LogP contribution in [0.25, 0.3) is 11.1 Å². The second kappa shape index (κ2) is 3.44. The van der Waals surface area contributed by atoms with Gasteiger partial charge in [0.15, 0.2) is 0 Å². The molecular weight excluding hydrogens is 344 g/mol. The van der Waals surface area contributed by atoms with Gasteiger partial charge in [-0.2, -0.15) is 0 Å². The minimum atomic E-state index is 0.270. The van der Waals surface area contributed by atoms with Gasteiger partial charge < -0.3 is 4.74 Å². The summed E-state index contributed by atoms with van der Waals surface area (Å²) >= 11 is 7.08. The Morgan fingerprint density at radius 1 is 0.765 bits per heavy atom. The molecule has 0 amide bonds. The van der Waals surface area contributed by atoms with Crippen molar-refractivity contribution in [2.75, 3.05) is 0 Å². The van der Waals surface area contributed by atoms with E-state index in [0.717, 1.165) is 8.95 Å². The van der Waals surface area contributed by atoms with E-state index in [0.29, 0.717) is 0 Å². The van der Waals surface area contributed by atoms with Crippen molar-refractivity contribution in [3.05, 3.63) is 56.5 Å². The number of hydrogen-bond donors (Lipinski definition) is 0. The Morgan fingerprint density at radius 2 is 1.24 bits per heavy atom. The molecule has 1 saturated heterocycles. The van der Waals surface area contributed by atoms with Crippen LogP contribution in [0.5, 0.6) is 0 Å². The highest BCUT2D eigenvalue weighted by Gasteiger charge is 2.47. The largest absolute Gasteiger partial charge is 0.359 e. The van der Waals surface area contributed by atoms with E-state index in [4.69, 9.17) is 4.74 Å². The van der Waals surface area contributed by atoms with E-state index in [9.17, 15) is 0 Å². The summed E-state index contributed by atoms with van der Waals surface area (Å²) in [5.74, 6) is 0. The smallest absolute Gasteiger partial charge is 0.114 e. The second-order valence-electron chi connectivity index (χ2n) is 4.44. The molecule has 0 saturated carbocycles. The number of rotatable bonds is 0. The third-order valence-electron chi connectivity index (χ3n) is 3.43. The van der Waals surface area contributed by atoms with Crippen molar-refractivity contribution in [2.45, 2.75) is 12.2 Å². The average molecular weight is 352 g/mol. The van der Waals surface area contributed by atoms with E-state index >= 15 is 0 Å². The van der Waals surface area contributed by atoms with Crippen molar-refractivity contribution in [3.8, 4) is 11.1 Å². The van der Waals surface area contributed by atoms with Crippen molar-refractivity contribution >= 4 is 31.9 Å². The van der Waals surface area contributed by atoms with Crippen LogP contribution < -0.4 is 0 Å². The lowest BCUT2D eigenvalue weighted by atomic mass is 9.86. The summed E-state index contributed by atoms with van der Waals surface area (Å²) in [6.07, 6.45) is 0.540. The van der Waals surface area contributed by atoms with Crippen molar-refractivity contribution in [2.24, 2.45) is 0 Å². The van der Waals surface area contributed by atoms with Crippen LogP contribution >= 0.6 is 31.9 Å². The maximum Gasteiger partial charge on any atom is 0.114 e. The molecule has 1 heterocycles. The van der Waals surface area contributed by atoms with Gasteiger partial charge in [-0.15, -0.1) is 0 Å². The number of benzene rings is 2. The molecule has 0 radical (unpaired) electrons. The lowest BCUT2D eigenvalue weighted by molar-refractivity contribution is 0.380. The van der Waals surface area contributed by atoms with Crippen molar-refractivity contribution in [1.29, 1.82) is 0 Å². The number of hydrogen-bond acceptors (Lipinski definition) is 1. The van der Waals surface area contributed by atoms with Gasteiger partial charge in [-0.05, 0) is 46.5 Å². The molecule has 1 aliphatic heterocycles. The maximum atomic E-state index is 5.78. The molecule has 0 N–H and O–H groups in total. The lowest BCUT2D eigenvalue weighted by Gasteiger charge is -2.17. The number of fused-ring (bicyclic) bond motifs is 6. The van der Waals surface area contributed by atoms with Crippen LogP contribution in [0, 0.1) is 0 Å². The highest BCUT2D eigenvalue weighted by atomic mass is 79.9. The van der Waals surface area contributed by atoms with Gasteiger partial charge in [0.1, 0.15) is 12.2 Å². The fourth-order valence-electron chi connectivity index (χ4n) is 2.61. The van der Waals surface area contributed by atoms with E-state index in [1.54, 1.807) is 0 Å². The Kier molecular flexibility index (Phi) is 2.08. The molecule has 2 aliphatic rings. The molecule has 84 valence electrons. The molecule has 3 heteroatoms. The van der Waals surface area contributed by atoms with E-state index in [2.05, 4.69) is 68.3 Å². The van der Waals surface area contributed by atoms with Crippen molar-refractivity contribution in [3.63, 3.8) is 0 Å². The van der Waals surface area contributed by atoms with Gasteiger partial charge in [0.25, 0.3) is 0 Å². The normalized spacial score (nSPS) is 23.6. The minimum absolute atomic E-state index is 0.270. The van der Waals surface area contributed by atoms with Crippen LogP contribution in [-0.2, 0) is 4.74 Å². The summed E-state index contributed by atoms with van der Waals surface area (Å²) in [6, 6.07) is 12.8. The zero-order valence-corrected chi connectivity index (χ0v) is 12.0. The first-order chi connectivity index (χ1) is 8.24. The molecule has 4 rings (SSSR count). The lowest BCUT2D eigenvalue weighted by Crippen LogP contribution is -1.99. The Labute approximate surface area is 116 Å². The SMILES string of the molecule is Brc1ccc2c(c1)-c1cc(Br)ccc1[C@@H]1O[C@@H]21. The molecule has 2 atom stereocenters. The molecule has 0 unspecified atom stereocenters. The molecule has 0 spiro atoms. The Balaban J connectivity index is 2.06. The average Bonchev–Trinajstić information content (AvgIpc) is 3.09. The predicted octanol–water partition coefficient (Wildman–Crippen LogP) is 5.00. The molecule has 1 fully saturated rings. The first kappa shape index (κ1) is 10.3. The van der Waals surface area contributed by atoms with Crippen LogP contribution in [0.1, 0.15) is 23.3 Å². The Bertz CT molecular complexity index is 581. The Morgan fingerprint density at radius 3 is 1.71 bits per heavy atom. The summed E-state index contributed by atoms with van der Waals surface area (Å²) in [5.41, 5.74) is 5.19.